The third-order valence-corrected chi connectivity index (χ3v) is 6.82. The van der Waals surface area contributed by atoms with Crippen molar-refractivity contribution in [3.05, 3.63) is 41.7 Å². The van der Waals surface area contributed by atoms with Gasteiger partial charge in [-0.3, -0.25) is 4.79 Å². The third kappa shape index (κ3) is 4.71. The number of H-pyrrole nitrogens is 1. The van der Waals surface area contributed by atoms with Gasteiger partial charge in [-0.1, -0.05) is 19.3 Å². The van der Waals surface area contributed by atoms with E-state index in [1.165, 1.54) is 31.1 Å². The zero-order valence-corrected chi connectivity index (χ0v) is 18.7. The smallest absolute Gasteiger partial charge is 0.248 e. The molecule has 7 nitrogen and oxygen atoms in total. The van der Waals surface area contributed by atoms with Crippen LogP contribution in [0.1, 0.15) is 73.7 Å². The minimum atomic E-state index is -2.64. The molecule has 180 valence electrons. The minimum Gasteiger partial charge on any atom is -0.367 e. The van der Waals surface area contributed by atoms with Crippen LogP contribution in [0.4, 0.5) is 24.8 Å². The number of nitrogens with zero attached hydrogens (tertiary/aromatic N) is 3. The fraction of sp³-hybridized carbons (Fsp3) is 0.500. The van der Waals surface area contributed by atoms with Crippen LogP contribution in [0.2, 0.25) is 0 Å². The molecule has 0 atom stereocenters. The Morgan fingerprint density at radius 3 is 2.44 bits per heavy atom. The molecule has 10 heteroatoms. The Balaban J connectivity index is 1.36. The van der Waals surface area contributed by atoms with Crippen molar-refractivity contribution in [3.63, 3.8) is 0 Å². The largest absolute Gasteiger partial charge is 0.367 e. The average molecular weight is 473 g/mol. The molecular weight excluding hydrogens is 445 g/mol. The summed E-state index contributed by atoms with van der Waals surface area (Å²) in [5.74, 6) is -3.29. The quantitative estimate of drug-likeness (QED) is 0.326. The Labute approximate surface area is 195 Å². The maximum Gasteiger partial charge on any atom is 0.248 e. The molecule has 34 heavy (non-hydrogen) atoms. The fourth-order valence-electron chi connectivity index (χ4n) is 4.91. The van der Waals surface area contributed by atoms with Gasteiger partial charge in [0.25, 0.3) is 0 Å². The van der Waals surface area contributed by atoms with E-state index in [0.717, 1.165) is 25.7 Å². The zero-order valence-electron chi connectivity index (χ0n) is 18.7. The van der Waals surface area contributed by atoms with Gasteiger partial charge >= 0.3 is 0 Å². The van der Waals surface area contributed by atoms with Crippen LogP contribution >= 0.6 is 0 Å². The molecule has 2 aliphatic rings. The summed E-state index contributed by atoms with van der Waals surface area (Å²) in [4.78, 5) is 28.7. The molecule has 3 aromatic rings. The molecule has 3 aromatic heterocycles. The van der Waals surface area contributed by atoms with Crippen LogP contribution < -0.4 is 10.6 Å². The molecule has 2 aliphatic carbocycles. The predicted octanol–water partition coefficient (Wildman–Crippen LogP) is 5.46. The minimum absolute atomic E-state index is 0.172. The van der Waals surface area contributed by atoms with Crippen LogP contribution in [0, 0.1) is 5.95 Å². The molecule has 0 spiro atoms. The Bertz CT molecular complexity index is 1180. The van der Waals surface area contributed by atoms with Crippen LogP contribution in [0.5, 0.6) is 0 Å². The second kappa shape index (κ2) is 9.23. The lowest BCUT2D eigenvalue weighted by Crippen LogP contribution is -2.32. The monoisotopic (exact) mass is 472 g/mol. The third-order valence-electron chi connectivity index (χ3n) is 6.82. The first-order valence-corrected chi connectivity index (χ1v) is 11.8. The molecule has 0 saturated heterocycles. The number of aromatic nitrogens is 4. The van der Waals surface area contributed by atoms with Crippen molar-refractivity contribution in [1.29, 1.82) is 0 Å². The van der Waals surface area contributed by atoms with Gasteiger partial charge in [0.05, 0.1) is 16.5 Å². The summed E-state index contributed by atoms with van der Waals surface area (Å²) >= 11 is 0. The highest BCUT2D eigenvalue weighted by Gasteiger charge is 2.35. The van der Waals surface area contributed by atoms with E-state index in [0.29, 0.717) is 16.9 Å². The number of hydrogen-bond donors (Lipinski definition) is 3. The van der Waals surface area contributed by atoms with E-state index < -0.39 is 17.7 Å². The maximum absolute atomic E-state index is 14.9. The van der Waals surface area contributed by atoms with Gasteiger partial charge in [0.2, 0.25) is 11.9 Å². The van der Waals surface area contributed by atoms with Crippen LogP contribution in [0.25, 0.3) is 11.0 Å². The van der Waals surface area contributed by atoms with Crippen molar-refractivity contribution in [1.82, 2.24) is 19.9 Å². The van der Waals surface area contributed by atoms with Crippen molar-refractivity contribution < 1.29 is 18.0 Å². The average Bonchev–Trinajstić information content (AvgIpc) is 3.26. The molecule has 5 rings (SSSR count). The first-order valence-electron chi connectivity index (χ1n) is 11.8. The highest BCUT2D eigenvalue weighted by molar-refractivity contribution is 6.18. The van der Waals surface area contributed by atoms with Gasteiger partial charge in [0, 0.05) is 31.1 Å². The predicted molar refractivity (Wildman–Crippen MR) is 123 cm³/mol. The second-order valence-corrected chi connectivity index (χ2v) is 9.27. The number of alkyl halides is 2. The van der Waals surface area contributed by atoms with Gasteiger partial charge in [-0.15, -0.1) is 0 Å². The summed E-state index contributed by atoms with van der Waals surface area (Å²) in [6.07, 6.45) is 8.67. The lowest BCUT2D eigenvalue weighted by Gasteiger charge is -2.29. The number of carbonyl (C=O) groups excluding carboxylic acids is 1. The summed E-state index contributed by atoms with van der Waals surface area (Å²) in [6, 6.07) is 2.96. The number of carbonyl (C=O) groups is 1. The molecule has 3 heterocycles. The Hall–Kier alpha value is -3.17. The van der Waals surface area contributed by atoms with Crippen molar-refractivity contribution >= 4 is 28.5 Å². The molecule has 0 bridgehead atoms. The summed E-state index contributed by atoms with van der Waals surface area (Å²) in [6.45, 7) is 0. The van der Waals surface area contributed by atoms with Gasteiger partial charge in [0.1, 0.15) is 23.6 Å². The van der Waals surface area contributed by atoms with Gasteiger partial charge in [-0.05, 0) is 37.8 Å². The first kappa shape index (κ1) is 22.6. The van der Waals surface area contributed by atoms with E-state index in [-0.39, 0.29) is 54.7 Å². The number of pyridine rings is 1. The molecular formula is C24H27F3N6O. The Morgan fingerprint density at radius 1 is 0.971 bits per heavy atom. The molecule has 3 N–H and O–H groups in total. The van der Waals surface area contributed by atoms with E-state index in [1.54, 1.807) is 0 Å². The number of aromatic amines is 1. The summed E-state index contributed by atoms with van der Waals surface area (Å²) < 4.78 is 41.6. The lowest BCUT2D eigenvalue weighted by molar-refractivity contribution is -0.0361. The summed E-state index contributed by atoms with van der Waals surface area (Å²) in [7, 11) is 0. The summed E-state index contributed by atoms with van der Waals surface area (Å²) in [5.41, 5.74) is 0.594. The number of nitrogens with one attached hydrogen (secondary N) is 3. The van der Waals surface area contributed by atoms with E-state index in [9.17, 15) is 18.0 Å². The number of halogens is 3. The molecule has 0 amide bonds. The van der Waals surface area contributed by atoms with Crippen molar-refractivity contribution in [2.24, 2.45) is 0 Å². The topological polar surface area (TPSA) is 95.6 Å². The fourth-order valence-corrected chi connectivity index (χ4v) is 4.91. The van der Waals surface area contributed by atoms with Crippen molar-refractivity contribution in [2.75, 3.05) is 10.6 Å². The van der Waals surface area contributed by atoms with E-state index in [4.69, 9.17) is 0 Å². The van der Waals surface area contributed by atoms with Crippen molar-refractivity contribution in [3.8, 4) is 0 Å². The Kier molecular flexibility index (Phi) is 6.14. The molecule has 2 saturated carbocycles. The van der Waals surface area contributed by atoms with Crippen LogP contribution in [-0.2, 0) is 0 Å². The molecule has 0 aliphatic heterocycles. The van der Waals surface area contributed by atoms with Gasteiger partial charge in [-0.25, -0.2) is 23.7 Å². The van der Waals surface area contributed by atoms with Gasteiger partial charge in [-0.2, -0.15) is 4.39 Å². The van der Waals surface area contributed by atoms with Gasteiger partial charge in [0.15, 0.2) is 5.78 Å². The van der Waals surface area contributed by atoms with E-state index in [2.05, 4.69) is 30.6 Å². The molecule has 0 unspecified atom stereocenters. The second-order valence-electron chi connectivity index (χ2n) is 9.27. The number of rotatable bonds is 6. The lowest BCUT2D eigenvalue weighted by atomic mass is 9.92. The molecule has 0 aromatic carbocycles. The SMILES string of the molecule is O=C(c1ccc(NC2CCC(F)(F)CC2)nc1F)c1c[nH]c2ncnc(NC3CCCCC3)c12. The van der Waals surface area contributed by atoms with E-state index >= 15 is 0 Å². The number of hydrogen-bond acceptors (Lipinski definition) is 6. The Morgan fingerprint density at radius 2 is 1.71 bits per heavy atom. The van der Waals surface area contributed by atoms with E-state index in [1.807, 2.05) is 0 Å². The highest BCUT2D eigenvalue weighted by atomic mass is 19.3. The summed E-state index contributed by atoms with van der Waals surface area (Å²) in [5, 5.41) is 6.98. The highest BCUT2D eigenvalue weighted by Crippen LogP contribution is 2.34. The van der Waals surface area contributed by atoms with Crippen LogP contribution in [0.15, 0.2) is 24.7 Å². The first-order chi connectivity index (χ1) is 16.4. The van der Waals surface area contributed by atoms with Crippen LogP contribution in [-0.4, -0.2) is 43.7 Å². The standard InChI is InChI=1S/C24H27F3N6O/c25-21-16(6-7-18(33-21)31-15-8-10-24(26,27)11-9-15)20(34)17-12-28-22-19(17)23(30-13-29-22)32-14-4-2-1-3-5-14/h6-7,12-15H,1-5,8-11H2,(H,31,33)(H2,28,29,30,32). The number of anilines is 2. The van der Waals surface area contributed by atoms with Gasteiger partial charge < -0.3 is 15.6 Å². The molecule has 0 radical (unpaired) electrons. The normalized spacial score (nSPS) is 19.3. The number of fused-ring (bicyclic) bond motifs is 1. The zero-order chi connectivity index (χ0) is 23.7. The maximum atomic E-state index is 14.9. The van der Waals surface area contributed by atoms with Crippen molar-refractivity contribution in [2.45, 2.75) is 75.8 Å². The number of ketones is 1. The van der Waals surface area contributed by atoms with Crippen LogP contribution in [0.3, 0.4) is 0 Å². The molecule has 2 fully saturated rings.